The van der Waals surface area contributed by atoms with Crippen molar-refractivity contribution in [3.05, 3.63) is 169 Å². The van der Waals surface area contributed by atoms with Gasteiger partial charge >= 0.3 is 6.18 Å². The Bertz CT molecular complexity index is 3290. The molecule has 4 aromatic heterocycles. The number of alkyl halides is 3. The van der Waals surface area contributed by atoms with Crippen LogP contribution in [0.1, 0.15) is 5.56 Å². The van der Waals surface area contributed by atoms with E-state index in [1.165, 1.54) is 0 Å². The molecule has 10 rings (SSSR count). The Hall–Kier alpha value is -7.48. The lowest BCUT2D eigenvalue weighted by molar-refractivity contribution is -0.137. The standard InChI is InChI=1S/C45H22F8N6/c46-38-37(39(47)41(49)42(50)40(38)48)29-21-35(58-31-9-3-1-7-25(31)27-19-23(11-13-33(27)58)43-54-15-5-16-55-43)36(22-30(29)45(51,52)53)59-32-10-4-2-8-26(32)28-20-24(12-14-34(28)59)44-56-17-6-18-57-44/h1-22H. The van der Waals surface area contributed by atoms with Gasteiger partial charge in [0, 0.05) is 63.0 Å². The van der Waals surface area contributed by atoms with Gasteiger partial charge in [0.15, 0.2) is 34.9 Å². The molecule has 59 heavy (non-hydrogen) atoms. The second-order valence-electron chi connectivity index (χ2n) is 13.6. The monoisotopic (exact) mass is 798 g/mol. The van der Waals surface area contributed by atoms with E-state index >= 15 is 22.0 Å². The molecule has 10 aromatic rings. The third kappa shape index (κ3) is 5.54. The van der Waals surface area contributed by atoms with Gasteiger partial charge in [-0.1, -0.05) is 36.4 Å². The zero-order chi connectivity index (χ0) is 40.7. The highest BCUT2D eigenvalue weighted by Crippen LogP contribution is 2.47. The molecular formula is C45H22F8N6. The van der Waals surface area contributed by atoms with Crippen molar-refractivity contribution >= 4 is 43.6 Å². The van der Waals surface area contributed by atoms with Gasteiger partial charge in [-0.3, -0.25) is 0 Å². The summed E-state index contributed by atoms with van der Waals surface area (Å²) in [5.74, 6) is -11.3. The van der Waals surface area contributed by atoms with Crippen molar-refractivity contribution in [2.75, 3.05) is 0 Å². The van der Waals surface area contributed by atoms with E-state index in [1.807, 2.05) is 12.1 Å². The van der Waals surface area contributed by atoms with Gasteiger partial charge < -0.3 is 9.13 Å². The number of fused-ring (bicyclic) bond motifs is 6. The number of aromatic nitrogens is 6. The van der Waals surface area contributed by atoms with Crippen molar-refractivity contribution in [3.63, 3.8) is 0 Å². The van der Waals surface area contributed by atoms with Crippen LogP contribution in [-0.2, 0) is 6.18 Å². The lowest BCUT2D eigenvalue weighted by atomic mass is 9.95. The summed E-state index contributed by atoms with van der Waals surface area (Å²) in [5.41, 5.74) is -1.75. The minimum atomic E-state index is -5.36. The Kier molecular flexibility index (Phi) is 8.09. The van der Waals surface area contributed by atoms with E-state index in [1.54, 1.807) is 119 Å². The van der Waals surface area contributed by atoms with Gasteiger partial charge in [0.2, 0.25) is 5.82 Å². The molecule has 0 saturated carbocycles. The van der Waals surface area contributed by atoms with E-state index in [9.17, 15) is 13.2 Å². The molecular weight excluding hydrogens is 777 g/mol. The van der Waals surface area contributed by atoms with Crippen molar-refractivity contribution in [2.24, 2.45) is 0 Å². The summed E-state index contributed by atoms with van der Waals surface area (Å²) in [6.07, 6.45) is 0.951. The SMILES string of the molecule is Fc1c(F)c(F)c(-c2cc(-n3c4ccccc4c4cc(-c5ncccn5)ccc43)c(-n3c4ccccc4c4cc(-c5ncccn5)ccc43)cc2C(F)(F)F)c(F)c1F. The van der Waals surface area contributed by atoms with Crippen molar-refractivity contribution in [1.82, 2.24) is 29.1 Å². The van der Waals surface area contributed by atoms with E-state index in [4.69, 9.17) is 0 Å². The van der Waals surface area contributed by atoms with Gasteiger partial charge in [-0.25, -0.2) is 41.9 Å². The molecule has 0 aliphatic heterocycles. The molecule has 0 amide bonds. The van der Waals surface area contributed by atoms with Crippen LogP contribution >= 0.6 is 0 Å². The van der Waals surface area contributed by atoms with E-state index in [2.05, 4.69) is 19.9 Å². The van der Waals surface area contributed by atoms with Crippen LogP contribution in [0.2, 0.25) is 0 Å². The highest BCUT2D eigenvalue weighted by atomic mass is 19.4. The van der Waals surface area contributed by atoms with E-state index in [-0.39, 0.29) is 11.4 Å². The maximum atomic E-state index is 15.7. The normalized spacial score (nSPS) is 12.1. The van der Waals surface area contributed by atoms with Crippen LogP contribution in [-0.4, -0.2) is 29.1 Å². The average molecular weight is 799 g/mol. The molecule has 4 heterocycles. The van der Waals surface area contributed by atoms with E-state index < -0.39 is 52.0 Å². The molecule has 0 radical (unpaired) electrons. The molecule has 0 aliphatic carbocycles. The summed E-state index contributed by atoms with van der Waals surface area (Å²) < 4.78 is 125. The third-order valence-electron chi connectivity index (χ3n) is 10.4. The largest absolute Gasteiger partial charge is 0.417 e. The maximum Gasteiger partial charge on any atom is 0.417 e. The van der Waals surface area contributed by atoms with Gasteiger partial charge in [-0.05, 0) is 72.8 Å². The molecule has 0 spiro atoms. The van der Waals surface area contributed by atoms with E-state index in [0.717, 1.165) is 6.07 Å². The highest BCUT2D eigenvalue weighted by molar-refractivity contribution is 6.13. The van der Waals surface area contributed by atoms with Gasteiger partial charge in [-0.15, -0.1) is 0 Å². The van der Waals surface area contributed by atoms with Crippen LogP contribution in [0.3, 0.4) is 0 Å². The smallest absolute Gasteiger partial charge is 0.307 e. The van der Waals surface area contributed by atoms with Crippen LogP contribution in [0.25, 0.3) is 88.9 Å². The van der Waals surface area contributed by atoms with Crippen LogP contribution in [0.4, 0.5) is 35.1 Å². The molecule has 6 aromatic carbocycles. The first-order valence-corrected chi connectivity index (χ1v) is 17.9. The predicted molar refractivity (Wildman–Crippen MR) is 207 cm³/mol. The Morgan fingerprint density at radius 3 is 1.27 bits per heavy atom. The fourth-order valence-electron chi connectivity index (χ4n) is 7.86. The number of hydrogen-bond acceptors (Lipinski definition) is 4. The molecule has 0 aliphatic rings. The Morgan fingerprint density at radius 1 is 0.407 bits per heavy atom. The molecule has 0 atom stereocenters. The topological polar surface area (TPSA) is 61.4 Å². The minimum absolute atomic E-state index is 0.0648. The summed E-state index contributed by atoms with van der Waals surface area (Å²) >= 11 is 0. The van der Waals surface area contributed by atoms with Gasteiger partial charge in [0.05, 0.1) is 44.6 Å². The number of rotatable bonds is 5. The second-order valence-corrected chi connectivity index (χ2v) is 13.6. The van der Waals surface area contributed by atoms with Crippen LogP contribution in [0, 0.1) is 29.1 Å². The summed E-state index contributed by atoms with van der Waals surface area (Å²) in [5, 5.41) is 2.50. The molecule has 6 nitrogen and oxygen atoms in total. The zero-order valence-corrected chi connectivity index (χ0v) is 29.9. The minimum Gasteiger partial charge on any atom is -0.307 e. The first-order chi connectivity index (χ1) is 28.5. The van der Waals surface area contributed by atoms with Crippen LogP contribution in [0.5, 0.6) is 0 Å². The Labute approximate surface area is 327 Å². The average Bonchev–Trinajstić information content (AvgIpc) is 3.77. The molecule has 0 saturated heterocycles. The van der Waals surface area contributed by atoms with Gasteiger partial charge in [0.25, 0.3) is 0 Å². The van der Waals surface area contributed by atoms with Crippen molar-refractivity contribution in [3.8, 4) is 45.3 Å². The maximum absolute atomic E-state index is 15.7. The molecule has 14 heteroatoms. The zero-order valence-electron chi connectivity index (χ0n) is 29.9. The first-order valence-electron chi connectivity index (χ1n) is 17.9. The lowest BCUT2D eigenvalue weighted by Gasteiger charge is -2.22. The molecule has 288 valence electrons. The Morgan fingerprint density at radius 2 is 0.814 bits per heavy atom. The number of halogens is 8. The van der Waals surface area contributed by atoms with E-state index in [0.29, 0.717) is 72.5 Å². The quantitative estimate of drug-likeness (QED) is 0.0988. The number of para-hydroxylation sites is 2. The molecule has 0 unspecified atom stereocenters. The summed E-state index contributed by atoms with van der Waals surface area (Å²) in [6, 6.07) is 29.3. The van der Waals surface area contributed by atoms with Crippen LogP contribution < -0.4 is 0 Å². The number of benzene rings is 6. The highest BCUT2D eigenvalue weighted by Gasteiger charge is 2.39. The lowest BCUT2D eigenvalue weighted by Crippen LogP contribution is -2.14. The van der Waals surface area contributed by atoms with Crippen LogP contribution in [0.15, 0.2) is 134 Å². The predicted octanol–water partition coefficient (Wildman–Crippen LogP) is 12.2. The van der Waals surface area contributed by atoms with Gasteiger partial charge in [0.1, 0.15) is 0 Å². The molecule has 0 fully saturated rings. The van der Waals surface area contributed by atoms with Crippen molar-refractivity contribution < 1.29 is 35.1 Å². The van der Waals surface area contributed by atoms with Crippen molar-refractivity contribution in [2.45, 2.75) is 6.18 Å². The van der Waals surface area contributed by atoms with Crippen molar-refractivity contribution in [1.29, 1.82) is 0 Å². The second kappa shape index (κ2) is 13.3. The Balaban J connectivity index is 1.38. The summed E-state index contributed by atoms with van der Waals surface area (Å²) in [6.45, 7) is 0. The first kappa shape index (κ1) is 35.9. The molecule has 0 bridgehead atoms. The summed E-state index contributed by atoms with van der Waals surface area (Å²) in [7, 11) is 0. The fraction of sp³-hybridized carbons (Fsp3) is 0.0222. The van der Waals surface area contributed by atoms with Gasteiger partial charge in [-0.2, -0.15) is 13.2 Å². The number of hydrogen-bond donors (Lipinski definition) is 0. The fourth-order valence-corrected chi connectivity index (χ4v) is 7.86. The summed E-state index contributed by atoms with van der Waals surface area (Å²) in [4.78, 5) is 17.4. The number of nitrogens with zero attached hydrogens (tertiary/aromatic N) is 6. The third-order valence-corrected chi connectivity index (χ3v) is 10.4. The molecule has 0 N–H and O–H groups in total.